The van der Waals surface area contributed by atoms with Crippen LogP contribution in [0.5, 0.6) is 0 Å². The molecule has 7 rings (SSSR count). The number of carbonyl (C=O) groups excluding carboxylic acids is 1. The minimum Gasteiger partial charge on any atom is -0.337 e. The SMILES string of the molecule is CCCCC(c1ccc(Cl)c(Cl)c1)C(NC(CCCN1CCC(Cc2ccccc2)CC1)NC(=O)c1ccc(Cl)cc1Cl)NC(c1ccccc1)(c1ccccc1)c1ccccc1. The minimum absolute atomic E-state index is 0.0996. The molecule has 63 heavy (non-hydrogen) atoms. The van der Waals surface area contributed by atoms with E-state index in [4.69, 9.17) is 46.4 Å². The van der Waals surface area contributed by atoms with Gasteiger partial charge in [-0.1, -0.05) is 194 Å². The van der Waals surface area contributed by atoms with Gasteiger partial charge in [0, 0.05) is 10.9 Å². The number of hydrogen-bond acceptors (Lipinski definition) is 4. The smallest absolute Gasteiger partial charge is 0.254 e. The molecule has 1 saturated heterocycles. The molecule has 9 heteroatoms. The number of hydrogen-bond donors (Lipinski definition) is 3. The predicted octanol–water partition coefficient (Wildman–Crippen LogP) is 13.6. The van der Waals surface area contributed by atoms with Crippen LogP contribution in [0, 0.1) is 5.92 Å². The molecule has 1 aliphatic heterocycles. The highest BCUT2D eigenvalue weighted by Gasteiger charge is 2.41. The van der Waals surface area contributed by atoms with E-state index in [1.807, 2.05) is 12.1 Å². The Bertz CT molecular complexity index is 2230. The van der Waals surface area contributed by atoms with Crippen molar-refractivity contribution in [3.63, 3.8) is 0 Å². The number of piperidine rings is 1. The lowest BCUT2D eigenvalue weighted by Crippen LogP contribution is -2.62. The Hall–Kier alpha value is -4.17. The fourth-order valence-electron chi connectivity index (χ4n) is 9.20. The number of benzene rings is 6. The summed E-state index contributed by atoms with van der Waals surface area (Å²) in [6.45, 7) is 5.28. The molecule has 1 fully saturated rings. The van der Waals surface area contributed by atoms with E-state index >= 15 is 0 Å². The number of carbonyl (C=O) groups is 1. The first kappa shape index (κ1) is 46.8. The second kappa shape index (κ2) is 23.1. The monoisotopic (exact) mass is 918 g/mol. The molecule has 3 unspecified atom stereocenters. The van der Waals surface area contributed by atoms with Crippen LogP contribution in [0.4, 0.5) is 0 Å². The van der Waals surface area contributed by atoms with Crippen LogP contribution in [0.1, 0.15) is 96.0 Å². The molecule has 0 saturated carbocycles. The molecule has 0 aromatic heterocycles. The summed E-state index contributed by atoms with van der Waals surface area (Å²) in [5, 5.41) is 13.5. The standard InChI is InChI=1S/C54H58Cl4N4O/c1-2-3-25-46(41-27-30-48(56)50(58)37-41)52(61-54(42-19-10-5-11-20-42,43-21-12-6-13-22-43)44-23-14-7-15-24-44)59-51(60-53(63)47-29-28-45(55)38-49(47)57)26-16-33-62-34-31-40(32-35-62)36-39-17-8-4-9-18-39/h4-15,17-24,27-30,37-38,40,46,51-52,59,61H,2-3,16,25-26,31-36H2,1H3,(H,60,63). The van der Waals surface area contributed by atoms with Gasteiger partial charge >= 0.3 is 0 Å². The zero-order valence-electron chi connectivity index (χ0n) is 36.0. The third-order valence-electron chi connectivity index (χ3n) is 12.5. The molecule has 1 aliphatic rings. The second-order valence-corrected chi connectivity index (χ2v) is 18.5. The number of amides is 1. The Morgan fingerprint density at radius 2 is 1.25 bits per heavy atom. The van der Waals surface area contributed by atoms with Crippen molar-refractivity contribution in [3.8, 4) is 0 Å². The van der Waals surface area contributed by atoms with Crippen molar-refractivity contribution in [3.05, 3.63) is 211 Å². The molecule has 328 valence electrons. The van der Waals surface area contributed by atoms with Crippen molar-refractivity contribution in [2.45, 2.75) is 82.1 Å². The number of nitrogens with one attached hydrogen (secondary N) is 3. The third-order valence-corrected chi connectivity index (χ3v) is 13.8. The molecule has 1 heterocycles. The Balaban J connectivity index is 1.26. The summed E-state index contributed by atoms with van der Waals surface area (Å²) < 4.78 is 0. The molecular formula is C54H58Cl4N4O. The van der Waals surface area contributed by atoms with E-state index in [1.165, 1.54) is 18.4 Å². The topological polar surface area (TPSA) is 56.4 Å². The number of unbranched alkanes of at least 4 members (excludes halogenated alkanes) is 1. The van der Waals surface area contributed by atoms with E-state index in [-0.39, 0.29) is 11.8 Å². The van der Waals surface area contributed by atoms with Crippen molar-refractivity contribution in [2.24, 2.45) is 5.92 Å². The molecule has 3 N–H and O–H groups in total. The van der Waals surface area contributed by atoms with Crippen molar-refractivity contribution in [1.29, 1.82) is 0 Å². The van der Waals surface area contributed by atoms with Crippen LogP contribution in [0.15, 0.2) is 158 Å². The fourth-order valence-corrected chi connectivity index (χ4v) is 10.0. The maximum atomic E-state index is 14.3. The molecule has 1 amide bonds. The van der Waals surface area contributed by atoms with Gasteiger partial charge in [0.1, 0.15) is 0 Å². The summed E-state index contributed by atoms with van der Waals surface area (Å²) >= 11 is 26.4. The highest BCUT2D eigenvalue weighted by Crippen LogP contribution is 2.40. The first-order valence-electron chi connectivity index (χ1n) is 22.4. The van der Waals surface area contributed by atoms with Gasteiger partial charge in [0.25, 0.3) is 5.91 Å². The minimum atomic E-state index is -0.819. The van der Waals surface area contributed by atoms with E-state index < -0.39 is 17.9 Å². The maximum Gasteiger partial charge on any atom is 0.254 e. The van der Waals surface area contributed by atoms with Gasteiger partial charge in [0.05, 0.1) is 38.5 Å². The normalized spacial score (nSPS) is 15.1. The van der Waals surface area contributed by atoms with Crippen LogP contribution in [-0.2, 0) is 12.0 Å². The highest BCUT2D eigenvalue weighted by molar-refractivity contribution is 6.42. The predicted molar refractivity (Wildman–Crippen MR) is 264 cm³/mol. The summed E-state index contributed by atoms with van der Waals surface area (Å²) in [7, 11) is 0. The van der Waals surface area contributed by atoms with Crippen LogP contribution >= 0.6 is 46.4 Å². The Labute approximate surface area is 394 Å². The number of halogens is 4. The Morgan fingerprint density at radius 3 is 1.81 bits per heavy atom. The van der Waals surface area contributed by atoms with Crippen molar-refractivity contribution in [2.75, 3.05) is 19.6 Å². The Kier molecular flexibility index (Phi) is 17.2. The molecule has 0 bridgehead atoms. The van der Waals surface area contributed by atoms with Gasteiger partial charge in [-0.05, 0) is 122 Å². The average Bonchev–Trinajstić information content (AvgIpc) is 3.31. The molecule has 5 nitrogen and oxygen atoms in total. The third kappa shape index (κ3) is 12.3. The summed E-state index contributed by atoms with van der Waals surface area (Å²) in [4.78, 5) is 16.9. The van der Waals surface area contributed by atoms with Crippen LogP contribution < -0.4 is 16.0 Å². The molecular weight excluding hydrogens is 862 g/mol. The van der Waals surface area contributed by atoms with Gasteiger partial charge in [0.15, 0.2) is 0 Å². The van der Waals surface area contributed by atoms with Crippen LogP contribution in [0.25, 0.3) is 0 Å². The Morgan fingerprint density at radius 1 is 0.667 bits per heavy atom. The largest absolute Gasteiger partial charge is 0.337 e. The van der Waals surface area contributed by atoms with Gasteiger partial charge in [-0.25, -0.2) is 0 Å². The van der Waals surface area contributed by atoms with Crippen molar-refractivity contribution >= 4 is 52.3 Å². The maximum absolute atomic E-state index is 14.3. The van der Waals surface area contributed by atoms with Gasteiger partial charge in [-0.2, -0.15) is 0 Å². The lowest BCUT2D eigenvalue weighted by Gasteiger charge is -2.44. The van der Waals surface area contributed by atoms with E-state index in [0.717, 1.165) is 74.0 Å². The van der Waals surface area contributed by atoms with E-state index in [2.05, 4.69) is 155 Å². The molecule has 6 aromatic rings. The quantitative estimate of drug-likeness (QED) is 0.0527. The molecule has 3 atom stereocenters. The van der Waals surface area contributed by atoms with Gasteiger partial charge < -0.3 is 10.2 Å². The number of likely N-dealkylation sites (tertiary alicyclic amines) is 1. The van der Waals surface area contributed by atoms with E-state index in [1.54, 1.807) is 18.2 Å². The van der Waals surface area contributed by atoms with E-state index in [0.29, 0.717) is 38.0 Å². The summed E-state index contributed by atoms with van der Waals surface area (Å²) in [5.41, 5.74) is 5.27. The number of rotatable bonds is 20. The average molecular weight is 921 g/mol. The van der Waals surface area contributed by atoms with Crippen molar-refractivity contribution < 1.29 is 4.79 Å². The lowest BCUT2D eigenvalue weighted by atomic mass is 9.76. The molecule has 6 aromatic carbocycles. The van der Waals surface area contributed by atoms with E-state index in [9.17, 15) is 4.79 Å². The molecule has 0 aliphatic carbocycles. The molecule has 0 spiro atoms. The van der Waals surface area contributed by atoms with Crippen LogP contribution in [-0.4, -0.2) is 42.8 Å². The van der Waals surface area contributed by atoms with Gasteiger partial charge in [0.2, 0.25) is 0 Å². The summed E-state index contributed by atoms with van der Waals surface area (Å²) in [6, 6.07) is 53.7. The highest BCUT2D eigenvalue weighted by atomic mass is 35.5. The van der Waals surface area contributed by atoms with Gasteiger partial charge in [-0.3, -0.25) is 15.4 Å². The second-order valence-electron chi connectivity index (χ2n) is 16.8. The molecule has 0 radical (unpaired) electrons. The van der Waals surface area contributed by atoms with Crippen LogP contribution in [0.3, 0.4) is 0 Å². The first-order chi connectivity index (χ1) is 30.7. The summed E-state index contributed by atoms with van der Waals surface area (Å²) in [5.74, 6) is 0.320. The zero-order valence-corrected chi connectivity index (χ0v) is 39.0. The fraction of sp³-hybridized carbons (Fsp3) is 0.315. The summed E-state index contributed by atoms with van der Waals surface area (Å²) in [6.07, 6.45) is 6.98. The van der Waals surface area contributed by atoms with Crippen LogP contribution in [0.2, 0.25) is 20.1 Å². The zero-order chi connectivity index (χ0) is 44.0. The lowest BCUT2D eigenvalue weighted by molar-refractivity contribution is 0.0912. The van der Waals surface area contributed by atoms with Gasteiger partial charge in [-0.15, -0.1) is 0 Å². The first-order valence-corrected chi connectivity index (χ1v) is 23.9. The van der Waals surface area contributed by atoms with Crippen molar-refractivity contribution in [1.82, 2.24) is 20.9 Å². The number of nitrogens with zero attached hydrogens (tertiary/aromatic N) is 1.